The highest BCUT2D eigenvalue weighted by Crippen LogP contribution is 2.33. The molecular formula is C20H25NO5. The standard InChI is InChI=1S/C20H25NO5/c1-4-5-8-21(12-14-6-7-16-17(9-14)25-13-24-16)19(23)18-10-15(22)11-20(2,3)26-18/h6-7,9-10H,4-5,8,11-13H2,1-3H3. The molecule has 6 heteroatoms. The van der Waals surface area contributed by atoms with Crippen LogP contribution in [0.1, 0.15) is 45.6 Å². The van der Waals surface area contributed by atoms with E-state index in [-0.39, 0.29) is 30.7 Å². The molecule has 0 atom stereocenters. The molecule has 140 valence electrons. The molecule has 0 unspecified atom stereocenters. The third kappa shape index (κ3) is 4.18. The van der Waals surface area contributed by atoms with Crippen molar-refractivity contribution in [3.8, 4) is 11.5 Å². The van der Waals surface area contributed by atoms with E-state index < -0.39 is 5.60 Å². The number of unbranched alkanes of at least 4 members (excludes halogenated alkanes) is 1. The zero-order chi connectivity index (χ0) is 18.7. The molecule has 0 fully saturated rings. The Kier molecular flexibility index (Phi) is 5.20. The molecule has 26 heavy (non-hydrogen) atoms. The third-order valence-corrected chi connectivity index (χ3v) is 4.37. The molecule has 0 saturated carbocycles. The van der Waals surface area contributed by atoms with E-state index in [4.69, 9.17) is 14.2 Å². The zero-order valence-corrected chi connectivity index (χ0v) is 15.5. The summed E-state index contributed by atoms with van der Waals surface area (Å²) < 4.78 is 16.5. The monoisotopic (exact) mass is 359 g/mol. The molecule has 2 heterocycles. The Morgan fingerprint density at radius 2 is 2.00 bits per heavy atom. The van der Waals surface area contributed by atoms with Crippen LogP contribution in [0.5, 0.6) is 11.5 Å². The summed E-state index contributed by atoms with van der Waals surface area (Å²) in [5.41, 5.74) is 0.284. The first-order valence-electron chi connectivity index (χ1n) is 8.99. The zero-order valence-electron chi connectivity index (χ0n) is 15.5. The molecule has 0 aliphatic carbocycles. The Labute approximate surface area is 153 Å². The van der Waals surface area contributed by atoms with E-state index >= 15 is 0 Å². The number of ketones is 1. The van der Waals surface area contributed by atoms with Crippen LogP contribution in [-0.2, 0) is 20.9 Å². The van der Waals surface area contributed by atoms with Crippen LogP contribution < -0.4 is 9.47 Å². The van der Waals surface area contributed by atoms with Crippen molar-refractivity contribution < 1.29 is 23.8 Å². The number of hydrogen-bond acceptors (Lipinski definition) is 5. The molecule has 1 amide bonds. The minimum atomic E-state index is -0.661. The van der Waals surface area contributed by atoms with E-state index in [2.05, 4.69) is 6.92 Å². The molecular weight excluding hydrogens is 334 g/mol. The van der Waals surface area contributed by atoms with Crippen LogP contribution in [-0.4, -0.2) is 35.5 Å². The molecule has 2 aliphatic heterocycles. The maximum Gasteiger partial charge on any atom is 0.289 e. The van der Waals surface area contributed by atoms with Crippen LogP contribution in [0.3, 0.4) is 0 Å². The summed E-state index contributed by atoms with van der Waals surface area (Å²) >= 11 is 0. The first-order chi connectivity index (χ1) is 12.4. The van der Waals surface area contributed by atoms with Crippen molar-refractivity contribution >= 4 is 11.7 Å². The number of ether oxygens (including phenoxy) is 3. The summed E-state index contributed by atoms with van der Waals surface area (Å²) in [6.45, 7) is 6.95. The topological polar surface area (TPSA) is 65.1 Å². The highest BCUT2D eigenvalue weighted by atomic mass is 16.7. The van der Waals surface area contributed by atoms with Gasteiger partial charge in [-0.25, -0.2) is 0 Å². The number of fused-ring (bicyclic) bond motifs is 1. The lowest BCUT2D eigenvalue weighted by Gasteiger charge is -2.32. The van der Waals surface area contributed by atoms with E-state index in [9.17, 15) is 9.59 Å². The van der Waals surface area contributed by atoms with Crippen LogP contribution in [0.2, 0.25) is 0 Å². The van der Waals surface area contributed by atoms with Gasteiger partial charge in [0.25, 0.3) is 5.91 Å². The van der Waals surface area contributed by atoms with Gasteiger partial charge in [-0.05, 0) is 38.0 Å². The number of carbonyl (C=O) groups is 2. The lowest BCUT2D eigenvalue weighted by molar-refractivity contribution is -0.138. The van der Waals surface area contributed by atoms with Crippen molar-refractivity contribution in [2.75, 3.05) is 13.3 Å². The minimum absolute atomic E-state index is 0.0804. The van der Waals surface area contributed by atoms with Gasteiger partial charge in [-0.3, -0.25) is 9.59 Å². The van der Waals surface area contributed by atoms with Gasteiger partial charge in [-0.15, -0.1) is 0 Å². The van der Waals surface area contributed by atoms with Crippen LogP contribution in [0.4, 0.5) is 0 Å². The third-order valence-electron chi connectivity index (χ3n) is 4.37. The summed E-state index contributed by atoms with van der Waals surface area (Å²) in [4.78, 5) is 26.7. The Morgan fingerprint density at radius 1 is 1.23 bits per heavy atom. The summed E-state index contributed by atoms with van der Waals surface area (Å²) in [6.07, 6.45) is 3.45. The number of hydrogen-bond donors (Lipinski definition) is 0. The number of nitrogens with zero attached hydrogens (tertiary/aromatic N) is 1. The maximum atomic E-state index is 13.0. The molecule has 0 spiro atoms. The van der Waals surface area contributed by atoms with Gasteiger partial charge in [0.1, 0.15) is 5.60 Å². The summed E-state index contributed by atoms with van der Waals surface area (Å²) in [7, 11) is 0. The average molecular weight is 359 g/mol. The molecule has 2 aliphatic rings. The molecule has 0 bridgehead atoms. The Bertz CT molecular complexity index is 738. The highest BCUT2D eigenvalue weighted by Gasteiger charge is 2.33. The fourth-order valence-corrected chi connectivity index (χ4v) is 3.10. The van der Waals surface area contributed by atoms with Gasteiger partial charge < -0.3 is 19.1 Å². The summed E-state index contributed by atoms with van der Waals surface area (Å²) in [6, 6.07) is 5.66. The highest BCUT2D eigenvalue weighted by molar-refractivity contribution is 6.01. The SMILES string of the molecule is CCCCN(Cc1ccc2c(c1)OCO2)C(=O)C1=CC(=O)CC(C)(C)O1. The van der Waals surface area contributed by atoms with E-state index in [1.54, 1.807) is 4.90 Å². The fraction of sp³-hybridized carbons (Fsp3) is 0.500. The van der Waals surface area contributed by atoms with Gasteiger partial charge in [-0.1, -0.05) is 19.4 Å². The lowest BCUT2D eigenvalue weighted by atomic mass is 9.98. The Morgan fingerprint density at radius 3 is 2.73 bits per heavy atom. The molecule has 0 radical (unpaired) electrons. The Hall–Kier alpha value is -2.50. The molecule has 6 nitrogen and oxygen atoms in total. The molecule has 3 rings (SSSR count). The van der Waals surface area contributed by atoms with Crippen molar-refractivity contribution in [1.29, 1.82) is 0 Å². The van der Waals surface area contributed by atoms with Gasteiger partial charge in [0, 0.05) is 25.6 Å². The molecule has 0 N–H and O–H groups in total. The second-order valence-electron chi connectivity index (χ2n) is 7.28. The van der Waals surface area contributed by atoms with Gasteiger partial charge in [0.05, 0.1) is 0 Å². The Balaban J connectivity index is 1.79. The van der Waals surface area contributed by atoms with E-state index in [1.807, 2.05) is 32.0 Å². The number of amides is 1. The molecule has 0 saturated heterocycles. The predicted octanol–water partition coefficient (Wildman–Crippen LogP) is 3.20. The normalized spacial score (nSPS) is 17.5. The molecule has 1 aromatic carbocycles. The van der Waals surface area contributed by atoms with Gasteiger partial charge in [0.2, 0.25) is 6.79 Å². The van der Waals surface area contributed by atoms with Crippen molar-refractivity contribution in [3.05, 3.63) is 35.6 Å². The number of carbonyl (C=O) groups excluding carboxylic acids is 2. The second kappa shape index (κ2) is 7.40. The van der Waals surface area contributed by atoms with E-state index in [0.29, 0.717) is 24.6 Å². The fourth-order valence-electron chi connectivity index (χ4n) is 3.10. The number of allylic oxidation sites excluding steroid dienone is 1. The maximum absolute atomic E-state index is 13.0. The molecule has 0 aromatic heterocycles. The average Bonchev–Trinajstić information content (AvgIpc) is 3.03. The quantitative estimate of drug-likeness (QED) is 0.780. The first-order valence-corrected chi connectivity index (χ1v) is 8.99. The van der Waals surface area contributed by atoms with E-state index in [0.717, 1.165) is 18.4 Å². The summed E-state index contributed by atoms with van der Waals surface area (Å²) in [5, 5.41) is 0. The van der Waals surface area contributed by atoms with Crippen LogP contribution in [0.25, 0.3) is 0 Å². The van der Waals surface area contributed by atoms with Crippen molar-refractivity contribution in [2.45, 2.75) is 52.2 Å². The smallest absolute Gasteiger partial charge is 0.289 e. The largest absolute Gasteiger partial charge is 0.481 e. The summed E-state index contributed by atoms with van der Waals surface area (Å²) in [5.74, 6) is 1.20. The van der Waals surface area contributed by atoms with Crippen molar-refractivity contribution in [3.63, 3.8) is 0 Å². The molecule has 1 aromatic rings. The predicted molar refractivity (Wildman–Crippen MR) is 95.8 cm³/mol. The second-order valence-corrected chi connectivity index (χ2v) is 7.28. The van der Waals surface area contributed by atoms with Crippen LogP contribution in [0, 0.1) is 0 Å². The minimum Gasteiger partial charge on any atom is -0.481 e. The van der Waals surface area contributed by atoms with Crippen LogP contribution >= 0.6 is 0 Å². The van der Waals surface area contributed by atoms with Gasteiger partial charge in [0.15, 0.2) is 23.0 Å². The van der Waals surface area contributed by atoms with Crippen molar-refractivity contribution in [2.24, 2.45) is 0 Å². The lowest BCUT2D eigenvalue weighted by Crippen LogP contribution is -2.39. The van der Waals surface area contributed by atoms with Crippen LogP contribution in [0.15, 0.2) is 30.0 Å². The van der Waals surface area contributed by atoms with Gasteiger partial charge in [-0.2, -0.15) is 0 Å². The van der Waals surface area contributed by atoms with Gasteiger partial charge >= 0.3 is 0 Å². The van der Waals surface area contributed by atoms with E-state index in [1.165, 1.54) is 6.08 Å². The van der Waals surface area contributed by atoms with Crippen molar-refractivity contribution in [1.82, 2.24) is 4.90 Å². The first kappa shape index (κ1) is 18.3. The number of benzene rings is 1. The number of rotatable bonds is 6.